The molecule has 0 spiro atoms. The number of fused-ring (bicyclic) bond motifs is 1. The highest BCUT2D eigenvalue weighted by molar-refractivity contribution is 6.09. The molecule has 0 radical (unpaired) electrons. The Morgan fingerprint density at radius 2 is 1.94 bits per heavy atom. The quantitative estimate of drug-likeness (QED) is 0.279. The molecule has 6 heteroatoms. The fourth-order valence-corrected chi connectivity index (χ4v) is 3.97. The van der Waals surface area contributed by atoms with Crippen LogP contribution in [0.1, 0.15) is 67.9 Å². The van der Waals surface area contributed by atoms with E-state index in [1.54, 1.807) is 37.5 Å². The van der Waals surface area contributed by atoms with Crippen molar-refractivity contribution in [1.82, 2.24) is 5.32 Å². The molecule has 1 aliphatic heterocycles. The predicted molar refractivity (Wildman–Crippen MR) is 132 cm³/mol. The van der Waals surface area contributed by atoms with Crippen LogP contribution in [0.2, 0.25) is 0 Å². The SMILES string of the molecule is CCCCCCOC(=O)Nc1cccc(C(=O)C=C2NC(C)(C)Cc3ccc(OC)cc32)c1. The van der Waals surface area contributed by atoms with E-state index < -0.39 is 6.09 Å². The number of nitrogens with one attached hydrogen (secondary N) is 2. The van der Waals surface area contributed by atoms with E-state index in [0.29, 0.717) is 17.9 Å². The molecule has 0 saturated heterocycles. The van der Waals surface area contributed by atoms with Gasteiger partial charge in [0.05, 0.1) is 13.7 Å². The van der Waals surface area contributed by atoms with Crippen molar-refractivity contribution < 1.29 is 19.1 Å². The van der Waals surface area contributed by atoms with Gasteiger partial charge in [0.25, 0.3) is 0 Å². The average Bonchev–Trinajstić information content (AvgIpc) is 2.78. The molecule has 2 N–H and O–H groups in total. The minimum Gasteiger partial charge on any atom is -0.497 e. The number of ether oxygens (including phenoxy) is 2. The monoisotopic (exact) mass is 450 g/mol. The highest BCUT2D eigenvalue weighted by atomic mass is 16.5. The topological polar surface area (TPSA) is 76.7 Å². The van der Waals surface area contributed by atoms with Gasteiger partial charge in [0.2, 0.25) is 0 Å². The number of anilines is 1. The van der Waals surface area contributed by atoms with Gasteiger partial charge in [-0.1, -0.05) is 44.4 Å². The lowest BCUT2D eigenvalue weighted by atomic mass is 9.85. The lowest BCUT2D eigenvalue weighted by molar-refractivity contribution is 0.104. The van der Waals surface area contributed by atoms with Crippen LogP contribution >= 0.6 is 0 Å². The van der Waals surface area contributed by atoms with Gasteiger partial charge >= 0.3 is 6.09 Å². The maximum Gasteiger partial charge on any atom is 0.411 e. The Kier molecular flexibility index (Phi) is 8.15. The Labute approximate surface area is 196 Å². The van der Waals surface area contributed by atoms with Gasteiger partial charge in [-0.3, -0.25) is 10.1 Å². The third-order valence-electron chi connectivity index (χ3n) is 5.61. The van der Waals surface area contributed by atoms with Gasteiger partial charge in [-0.25, -0.2) is 4.79 Å². The van der Waals surface area contributed by atoms with Crippen LogP contribution in [-0.2, 0) is 11.2 Å². The summed E-state index contributed by atoms with van der Waals surface area (Å²) in [6, 6.07) is 12.8. The third kappa shape index (κ3) is 6.85. The van der Waals surface area contributed by atoms with Gasteiger partial charge in [-0.15, -0.1) is 0 Å². The number of amides is 1. The molecule has 0 bridgehead atoms. The molecule has 2 aromatic carbocycles. The van der Waals surface area contributed by atoms with E-state index in [4.69, 9.17) is 9.47 Å². The lowest BCUT2D eigenvalue weighted by Crippen LogP contribution is -2.43. The summed E-state index contributed by atoms with van der Waals surface area (Å²) in [5.41, 5.74) is 3.71. The van der Waals surface area contributed by atoms with Gasteiger partial charge in [0.1, 0.15) is 5.75 Å². The molecule has 0 saturated carbocycles. The molecule has 2 aromatic rings. The Balaban J connectivity index is 1.73. The fourth-order valence-electron chi connectivity index (χ4n) is 3.97. The summed E-state index contributed by atoms with van der Waals surface area (Å²) in [4.78, 5) is 25.2. The van der Waals surface area contributed by atoms with Crippen molar-refractivity contribution in [3.63, 3.8) is 0 Å². The number of hydrogen-bond acceptors (Lipinski definition) is 5. The number of rotatable bonds is 9. The van der Waals surface area contributed by atoms with Crippen molar-refractivity contribution >= 4 is 23.3 Å². The van der Waals surface area contributed by atoms with Crippen LogP contribution in [0.15, 0.2) is 48.5 Å². The number of allylic oxidation sites excluding steroid dienone is 1. The molecule has 0 atom stereocenters. The van der Waals surface area contributed by atoms with Crippen LogP contribution in [0, 0.1) is 0 Å². The van der Waals surface area contributed by atoms with Crippen LogP contribution in [-0.4, -0.2) is 31.1 Å². The van der Waals surface area contributed by atoms with Gasteiger partial charge < -0.3 is 14.8 Å². The van der Waals surface area contributed by atoms with Crippen molar-refractivity contribution in [2.45, 2.75) is 58.4 Å². The van der Waals surface area contributed by atoms with Crippen LogP contribution in [0.5, 0.6) is 5.75 Å². The molecule has 0 aromatic heterocycles. The van der Waals surface area contributed by atoms with E-state index in [-0.39, 0.29) is 11.3 Å². The highest BCUT2D eigenvalue weighted by Crippen LogP contribution is 2.32. The molecule has 1 amide bonds. The van der Waals surface area contributed by atoms with Crippen LogP contribution < -0.4 is 15.4 Å². The standard InChI is InChI=1S/C27H34N2O4/c1-5-6-7-8-14-33-26(31)28-21-11-9-10-19(15-21)25(30)17-24-23-16-22(32-4)13-12-20(23)18-27(2,3)29-24/h9-13,15-17,29H,5-8,14,18H2,1-4H3,(H,28,31). The minimum absolute atomic E-state index is 0.152. The third-order valence-corrected chi connectivity index (χ3v) is 5.61. The second-order valence-corrected chi connectivity index (χ2v) is 9.03. The van der Waals surface area contributed by atoms with E-state index in [2.05, 4.69) is 31.4 Å². The molecule has 0 fully saturated rings. The predicted octanol–water partition coefficient (Wildman–Crippen LogP) is 5.97. The smallest absolute Gasteiger partial charge is 0.411 e. The molecular formula is C27H34N2O4. The van der Waals surface area contributed by atoms with E-state index >= 15 is 0 Å². The first-order valence-electron chi connectivity index (χ1n) is 11.6. The summed E-state index contributed by atoms with van der Waals surface area (Å²) in [5, 5.41) is 6.19. The summed E-state index contributed by atoms with van der Waals surface area (Å²) in [6.45, 7) is 6.74. The Bertz CT molecular complexity index is 1030. The minimum atomic E-state index is -0.508. The lowest BCUT2D eigenvalue weighted by Gasteiger charge is -2.35. The summed E-state index contributed by atoms with van der Waals surface area (Å²) >= 11 is 0. The normalized spacial score (nSPS) is 15.3. The van der Waals surface area contributed by atoms with Gasteiger partial charge in [0, 0.05) is 34.1 Å². The molecule has 176 valence electrons. The summed E-state index contributed by atoms with van der Waals surface area (Å²) < 4.78 is 10.6. The number of methoxy groups -OCH3 is 1. The van der Waals surface area contributed by atoms with Crippen LogP contribution in [0.3, 0.4) is 0 Å². The molecule has 1 heterocycles. The Morgan fingerprint density at radius 3 is 2.70 bits per heavy atom. The largest absolute Gasteiger partial charge is 0.497 e. The number of hydrogen-bond donors (Lipinski definition) is 2. The molecule has 33 heavy (non-hydrogen) atoms. The Morgan fingerprint density at radius 1 is 1.12 bits per heavy atom. The van der Waals surface area contributed by atoms with Crippen molar-refractivity contribution in [1.29, 1.82) is 0 Å². The molecule has 3 rings (SSSR count). The molecule has 1 aliphatic rings. The second-order valence-electron chi connectivity index (χ2n) is 9.03. The summed E-state index contributed by atoms with van der Waals surface area (Å²) in [6.07, 6.45) is 6.11. The Hall–Kier alpha value is -3.28. The first kappa shape index (κ1) is 24.4. The van der Waals surface area contributed by atoms with Gasteiger partial charge in [-0.2, -0.15) is 0 Å². The van der Waals surface area contributed by atoms with E-state index in [9.17, 15) is 9.59 Å². The van der Waals surface area contributed by atoms with E-state index in [1.165, 1.54) is 0 Å². The summed E-state index contributed by atoms with van der Waals surface area (Å²) in [5.74, 6) is 0.591. The van der Waals surface area contributed by atoms with Crippen LogP contribution in [0.25, 0.3) is 5.70 Å². The molecule has 0 aliphatic carbocycles. The van der Waals surface area contributed by atoms with Crippen molar-refractivity contribution in [2.75, 3.05) is 19.0 Å². The van der Waals surface area contributed by atoms with Crippen molar-refractivity contribution in [2.24, 2.45) is 0 Å². The van der Waals surface area contributed by atoms with Crippen molar-refractivity contribution in [3.05, 3.63) is 65.2 Å². The second kappa shape index (κ2) is 11.0. The fraction of sp³-hybridized carbons (Fsp3) is 0.407. The highest BCUT2D eigenvalue weighted by Gasteiger charge is 2.28. The maximum atomic E-state index is 13.1. The van der Waals surface area contributed by atoms with E-state index in [1.807, 2.05) is 18.2 Å². The number of ketones is 1. The number of carbonyl (C=O) groups is 2. The zero-order chi connectivity index (χ0) is 23.8. The average molecular weight is 451 g/mol. The van der Waals surface area contributed by atoms with Gasteiger partial charge in [-0.05, 0) is 56.5 Å². The first-order valence-corrected chi connectivity index (χ1v) is 11.6. The van der Waals surface area contributed by atoms with Crippen LogP contribution in [0.4, 0.5) is 10.5 Å². The molecule has 0 unspecified atom stereocenters. The van der Waals surface area contributed by atoms with Crippen molar-refractivity contribution in [3.8, 4) is 5.75 Å². The number of carbonyl (C=O) groups excluding carboxylic acids is 2. The maximum absolute atomic E-state index is 13.1. The molecular weight excluding hydrogens is 416 g/mol. The van der Waals surface area contributed by atoms with E-state index in [0.717, 1.165) is 54.7 Å². The van der Waals surface area contributed by atoms with Gasteiger partial charge in [0.15, 0.2) is 5.78 Å². The summed E-state index contributed by atoms with van der Waals surface area (Å²) in [7, 11) is 1.63. The number of unbranched alkanes of at least 4 members (excludes halogenated alkanes) is 3. The first-order chi connectivity index (χ1) is 15.8. The molecule has 6 nitrogen and oxygen atoms in total. The zero-order valence-electron chi connectivity index (χ0n) is 20.0. The zero-order valence-corrected chi connectivity index (χ0v) is 20.0. The number of benzene rings is 2.